The highest BCUT2D eigenvalue weighted by Gasteiger charge is 2.10. The maximum atomic E-state index is 9.59. The molecule has 0 bridgehead atoms. The number of phenolic OH excluding ortho intramolecular Hbond substituents is 1. The van der Waals surface area contributed by atoms with E-state index in [1.807, 2.05) is 6.07 Å². The number of alkyl halides is 2. The number of rotatable bonds is 2. The summed E-state index contributed by atoms with van der Waals surface area (Å²) in [5.41, 5.74) is 3.04. The summed E-state index contributed by atoms with van der Waals surface area (Å²) in [6.45, 7) is 0. The highest BCUT2D eigenvalue weighted by molar-refractivity contribution is 9.09. The van der Waals surface area contributed by atoms with Gasteiger partial charge < -0.3 is 5.11 Å². The van der Waals surface area contributed by atoms with Crippen molar-refractivity contribution in [1.29, 1.82) is 5.26 Å². The van der Waals surface area contributed by atoms with Crippen LogP contribution in [0.3, 0.4) is 0 Å². The van der Waals surface area contributed by atoms with Crippen molar-refractivity contribution in [2.45, 2.75) is 10.7 Å². The van der Waals surface area contributed by atoms with Gasteiger partial charge in [0.2, 0.25) is 0 Å². The number of aromatic nitrogens is 2. The summed E-state index contributed by atoms with van der Waals surface area (Å²) in [5, 5.41) is 19.6. The molecule has 0 atom stereocenters. The van der Waals surface area contributed by atoms with E-state index in [1.54, 1.807) is 6.07 Å². The summed E-state index contributed by atoms with van der Waals surface area (Å²) in [5.74, 6) is -0.0681. The molecular weight excluding hydrogens is 350 g/mol. The van der Waals surface area contributed by atoms with Crippen LogP contribution in [0.5, 0.6) is 5.75 Å². The van der Waals surface area contributed by atoms with E-state index < -0.39 is 0 Å². The average molecular weight is 357 g/mol. The number of nitriles is 1. The first kappa shape index (κ1) is 12.3. The fourth-order valence-electron chi connectivity index (χ4n) is 1.47. The first-order valence-electron chi connectivity index (χ1n) is 4.74. The Bertz CT molecular complexity index is 622. The molecule has 0 radical (unpaired) electrons. The summed E-state index contributed by atoms with van der Waals surface area (Å²) in [6, 6.07) is 4.92. The maximum absolute atomic E-state index is 9.59. The van der Waals surface area contributed by atoms with E-state index in [-0.39, 0.29) is 11.3 Å². The van der Waals surface area contributed by atoms with Gasteiger partial charge in [-0.1, -0.05) is 31.9 Å². The Hall–Kier alpha value is -1.19. The van der Waals surface area contributed by atoms with Crippen LogP contribution in [0.15, 0.2) is 12.1 Å². The summed E-state index contributed by atoms with van der Waals surface area (Å²) < 4.78 is 0. The van der Waals surface area contributed by atoms with Gasteiger partial charge in [-0.3, -0.25) is 0 Å². The summed E-state index contributed by atoms with van der Waals surface area (Å²) in [7, 11) is 0. The Morgan fingerprint density at radius 2 is 1.65 bits per heavy atom. The smallest absolute Gasteiger partial charge is 0.135 e. The molecule has 0 aliphatic carbocycles. The van der Waals surface area contributed by atoms with Crippen LogP contribution in [0.1, 0.15) is 17.0 Å². The predicted octanol–water partition coefficient (Wildman–Crippen LogP) is 3.00. The van der Waals surface area contributed by atoms with E-state index >= 15 is 0 Å². The standard InChI is InChI=1S/C11H7Br2N3O/c12-3-9-10(4-13)16-8-2-11(17)6(5-14)1-7(8)15-9/h1-2,17H,3-4H2. The lowest BCUT2D eigenvalue weighted by Gasteiger charge is -2.06. The fourth-order valence-corrected chi connectivity index (χ4v) is 2.37. The molecule has 0 aliphatic rings. The molecule has 0 saturated carbocycles. The predicted molar refractivity (Wildman–Crippen MR) is 71.2 cm³/mol. The number of phenols is 1. The van der Waals surface area contributed by atoms with Crippen molar-refractivity contribution in [2.75, 3.05) is 0 Å². The Labute approximate surface area is 115 Å². The van der Waals surface area contributed by atoms with Crippen molar-refractivity contribution in [1.82, 2.24) is 9.97 Å². The van der Waals surface area contributed by atoms with Crippen LogP contribution in [0.2, 0.25) is 0 Å². The molecular formula is C11H7Br2N3O. The summed E-state index contributed by atoms with van der Waals surface area (Å²) in [6.07, 6.45) is 0. The third-order valence-electron chi connectivity index (χ3n) is 2.31. The van der Waals surface area contributed by atoms with Gasteiger partial charge in [-0.25, -0.2) is 9.97 Å². The molecule has 1 N–H and O–H groups in total. The quantitative estimate of drug-likeness (QED) is 0.839. The van der Waals surface area contributed by atoms with Crippen molar-refractivity contribution in [3.8, 4) is 11.8 Å². The van der Waals surface area contributed by atoms with Gasteiger partial charge in [0, 0.05) is 16.7 Å². The molecule has 0 spiro atoms. The van der Waals surface area contributed by atoms with E-state index in [0.717, 1.165) is 11.4 Å². The Kier molecular flexibility index (Phi) is 3.60. The van der Waals surface area contributed by atoms with Gasteiger partial charge in [0.1, 0.15) is 11.8 Å². The number of aromatic hydroxyl groups is 1. The van der Waals surface area contributed by atoms with Crippen LogP contribution >= 0.6 is 31.9 Å². The van der Waals surface area contributed by atoms with Crippen LogP contribution in [-0.2, 0) is 10.7 Å². The number of benzene rings is 1. The van der Waals surface area contributed by atoms with E-state index in [0.29, 0.717) is 21.7 Å². The number of hydrogen-bond acceptors (Lipinski definition) is 4. The molecule has 1 heterocycles. The van der Waals surface area contributed by atoms with Gasteiger partial charge in [-0.15, -0.1) is 0 Å². The van der Waals surface area contributed by atoms with Crippen molar-refractivity contribution in [2.24, 2.45) is 0 Å². The minimum atomic E-state index is -0.0681. The van der Waals surface area contributed by atoms with Gasteiger partial charge >= 0.3 is 0 Å². The van der Waals surface area contributed by atoms with Crippen LogP contribution in [0.4, 0.5) is 0 Å². The zero-order valence-electron chi connectivity index (χ0n) is 8.61. The largest absolute Gasteiger partial charge is 0.506 e. The molecule has 1 aromatic heterocycles. The van der Waals surface area contributed by atoms with Gasteiger partial charge in [0.25, 0.3) is 0 Å². The third kappa shape index (κ3) is 2.26. The van der Waals surface area contributed by atoms with Gasteiger partial charge in [-0.05, 0) is 6.07 Å². The van der Waals surface area contributed by atoms with Crippen LogP contribution in [-0.4, -0.2) is 15.1 Å². The minimum absolute atomic E-state index is 0.0681. The van der Waals surface area contributed by atoms with Crippen LogP contribution in [0, 0.1) is 11.3 Å². The second kappa shape index (κ2) is 4.98. The van der Waals surface area contributed by atoms with Crippen molar-refractivity contribution in [3.05, 3.63) is 29.1 Å². The summed E-state index contributed by atoms with van der Waals surface area (Å²) >= 11 is 6.69. The molecule has 6 heteroatoms. The second-order valence-corrected chi connectivity index (χ2v) is 4.48. The molecule has 17 heavy (non-hydrogen) atoms. The first-order chi connectivity index (χ1) is 8.19. The lowest BCUT2D eigenvalue weighted by atomic mass is 10.1. The molecule has 86 valence electrons. The van der Waals surface area contributed by atoms with Crippen LogP contribution < -0.4 is 0 Å². The zero-order chi connectivity index (χ0) is 12.4. The average Bonchev–Trinajstić information content (AvgIpc) is 2.36. The number of nitrogens with zero attached hydrogens (tertiary/aromatic N) is 3. The topological polar surface area (TPSA) is 69.8 Å². The highest BCUT2D eigenvalue weighted by Crippen LogP contribution is 2.24. The molecule has 0 fully saturated rings. The molecule has 2 rings (SSSR count). The lowest BCUT2D eigenvalue weighted by Crippen LogP contribution is -1.98. The van der Waals surface area contributed by atoms with E-state index in [1.165, 1.54) is 6.07 Å². The molecule has 4 nitrogen and oxygen atoms in total. The summed E-state index contributed by atoms with van der Waals surface area (Å²) in [4.78, 5) is 8.80. The Morgan fingerprint density at radius 3 is 2.12 bits per heavy atom. The van der Waals surface area contributed by atoms with Crippen molar-refractivity contribution in [3.63, 3.8) is 0 Å². The van der Waals surface area contributed by atoms with E-state index in [9.17, 15) is 5.11 Å². The molecule has 0 amide bonds. The third-order valence-corrected chi connectivity index (χ3v) is 3.37. The molecule has 0 aliphatic heterocycles. The highest BCUT2D eigenvalue weighted by atomic mass is 79.9. The fraction of sp³-hybridized carbons (Fsp3) is 0.182. The second-order valence-electron chi connectivity index (χ2n) is 3.35. The molecule has 0 unspecified atom stereocenters. The maximum Gasteiger partial charge on any atom is 0.135 e. The Balaban J connectivity index is 2.75. The zero-order valence-corrected chi connectivity index (χ0v) is 11.8. The normalized spacial score (nSPS) is 10.4. The van der Waals surface area contributed by atoms with E-state index in [4.69, 9.17) is 5.26 Å². The monoisotopic (exact) mass is 355 g/mol. The first-order valence-corrected chi connectivity index (χ1v) is 6.98. The van der Waals surface area contributed by atoms with Gasteiger partial charge in [0.15, 0.2) is 0 Å². The number of fused-ring (bicyclic) bond motifs is 1. The SMILES string of the molecule is N#Cc1cc2nc(CBr)c(CBr)nc2cc1O. The Morgan fingerprint density at radius 1 is 1.12 bits per heavy atom. The van der Waals surface area contributed by atoms with Gasteiger partial charge in [0.05, 0.1) is 28.0 Å². The molecule has 0 saturated heterocycles. The van der Waals surface area contributed by atoms with E-state index in [2.05, 4.69) is 41.8 Å². The van der Waals surface area contributed by atoms with Crippen LogP contribution in [0.25, 0.3) is 11.0 Å². The number of hydrogen-bond donors (Lipinski definition) is 1. The minimum Gasteiger partial charge on any atom is -0.506 e. The molecule has 2 aromatic rings. The van der Waals surface area contributed by atoms with Gasteiger partial charge in [-0.2, -0.15) is 5.26 Å². The lowest BCUT2D eigenvalue weighted by molar-refractivity contribution is 0.474. The number of halogens is 2. The van der Waals surface area contributed by atoms with Crippen molar-refractivity contribution < 1.29 is 5.11 Å². The molecule has 1 aromatic carbocycles. The van der Waals surface area contributed by atoms with Crippen molar-refractivity contribution >= 4 is 42.9 Å².